The van der Waals surface area contributed by atoms with E-state index in [-0.39, 0.29) is 114 Å². The predicted octanol–water partition coefficient (Wildman–Crippen LogP) is -6.14. The van der Waals surface area contributed by atoms with Gasteiger partial charge in [0.1, 0.15) is 0 Å². The minimum absolute atomic E-state index is 0. The molecular formula is C14H10K2N2O4. The van der Waals surface area contributed by atoms with E-state index in [0.29, 0.717) is 11.4 Å². The van der Waals surface area contributed by atoms with Gasteiger partial charge in [-0.05, 0) is 35.4 Å². The molecule has 22 heavy (non-hydrogen) atoms. The van der Waals surface area contributed by atoms with Crippen molar-refractivity contribution in [3.05, 3.63) is 59.7 Å². The fraction of sp³-hybridized carbons (Fsp3) is 0. The van der Waals surface area contributed by atoms with E-state index in [4.69, 9.17) is 0 Å². The average Bonchev–Trinajstić information content (AvgIpc) is 2.46. The Labute approximate surface area is 212 Å². The Morgan fingerprint density at radius 3 is 1.14 bits per heavy atom. The van der Waals surface area contributed by atoms with Crippen LogP contribution < -0.4 is 124 Å². The Morgan fingerprint density at radius 2 is 0.909 bits per heavy atom. The zero-order chi connectivity index (χ0) is 14.5. The third-order valence-electron chi connectivity index (χ3n) is 2.59. The first-order chi connectivity index (χ1) is 9.56. The van der Waals surface area contributed by atoms with E-state index in [1.54, 1.807) is 24.3 Å². The SMILES string of the molecule is O=C([O-])c1ccc(NNc2ccc(C(=O)[O-])cc2)cc1.[K+].[K+]. The topological polar surface area (TPSA) is 104 Å². The summed E-state index contributed by atoms with van der Waals surface area (Å²) in [4.78, 5) is 21.2. The van der Waals surface area contributed by atoms with E-state index in [1.165, 1.54) is 24.3 Å². The quantitative estimate of drug-likeness (QED) is 0.412. The first kappa shape index (κ1) is 22.3. The number of carbonyl (C=O) groups excluding carboxylic acids is 2. The van der Waals surface area contributed by atoms with Crippen molar-refractivity contribution in [1.82, 2.24) is 0 Å². The van der Waals surface area contributed by atoms with Crippen molar-refractivity contribution in [2.24, 2.45) is 0 Å². The summed E-state index contributed by atoms with van der Waals surface area (Å²) in [5.74, 6) is -2.47. The van der Waals surface area contributed by atoms with Gasteiger partial charge in [-0.15, -0.1) is 0 Å². The molecule has 0 aliphatic carbocycles. The molecule has 0 unspecified atom stereocenters. The molecule has 0 spiro atoms. The summed E-state index contributed by atoms with van der Waals surface area (Å²) in [6.45, 7) is 0. The number of nitrogens with one attached hydrogen (secondary N) is 2. The van der Waals surface area contributed by atoms with Gasteiger partial charge in [0, 0.05) is 0 Å². The van der Waals surface area contributed by atoms with Crippen molar-refractivity contribution in [2.45, 2.75) is 0 Å². The van der Waals surface area contributed by atoms with Gasteiger partial charge in [-0.1, -0.05) is 24.3 Å². The first-order valence-electron chi connectivity index (χ1n) is 5.71. The molecule has 8 heteroatoms. The van der Waals surface area contributed by atoms with Crippen LogP contribution >= 0.6 is 0 Å². The van der Waals surface area contributed by atoms with Gasteiger partial charge in [-0.3, -0.25) is 0 Å². The number of anilines is 2. The second kappa shape index (κ2) is 10.9. The van der Waals surface area contributed by atoms with Gasteiger partial charge in [-0.2, -0.15) is 0 Å². The molecule has 0 amide bonds. The van der Waals surface area contributed by atoms with Crippen LogP contribution in [0.25, 0.3) is 0 Å². The molecule has 0 saturated heterocycles. The summed E-state index contributed by atoms with van der Waals surface area (Å²) in [6, 6.07) is 12.0. The summed E-state index contributed by atoms with van der Waals surface area (Å²) < 4.78 is 0. The molecule has 0 saturated carbocycles. The van der Waals surface area contributed by atoms with Crippen molar-refractivity contribution >= 4 is 23.3 Å². The molecule has 0 radical (unpaired) electrons. The molecule has 0 aromatic heterocycles. The third-order valence-corrected chi connectivity index (χ3v) is 2.59. The van der Waals surface area contributed by atoms with Crippen molar-refractivity contribution in [1.29, 1.82) is 0 Å². The van der Waals surface area contributed by atoms with Crippen molar-refractivity contribution in [3.63, 3.8) is 0 Å². The Bertz CT molecular complexity index is 573. The van der Waals surface area contributed by atoms with Gasteiger partial charge in [0.2, 0.25) is 0 Å². The van der Waals surface area contributed by atoms with Crippen LogP contribution in [-0.2, 0) is 0 Å². The van der Waals surface area contributed by atoms with Crippen LogP contribution in [0.4, 0.5) is 11.4 Å². The molecule has 102 valence electrons. The number of aromatic carboxylic acids is 2. The first-order valence-corrected chi connectivity index (χ1v) is 5.71. The maximum absolute atomic E-state index is 10.6. The molecule has 0 aliphatic rings. The van der Waals surface area contributed by atoms with E-state index in [1.807, 2.05) is 0 Å². The molecule has 2 aromatic carbocycles. The van der Waals surface area contributed by atoms with Gasteiger partial charge >= 0.3 is 103 Å². The summed E-state index contributed by atoms with van der Waals surface area (Å²) in [5, 5.41) is 21.2. The van der Waals surface area contributed by atoms with Crippen LogP contribution in [0.15, 0.2) is 48.5 Å². The smallest absolute Gasteiger partial charge is 0.545 e. The number of benzene rings is 2. The maximum atomic E-state index is 10.6. The molecule has 6 nitrogen and oxygen atoms in total. The predicted molar refractivity (Wildman–Crippen MR) is 68.8 cm³/mol. The number of rotatable bonds is 5. The van der Waals surface area contributed by atoms with Gasteiger partial charge in [0.25, 0.3) is 0 Å². The number of hydrazine groups is 1. The summed E-state index contributed by atoms with van der Waals surface area (Å²) in [7, 11) is 0. The van der Waals surface area contributed by atoms with E-state index < -0.39 is 11.9 Å². The Kier molecular flexibility index (Phi) is 11.0. The van der Waals surface area contributed by atoms with Gasteiger partial charge in [0.05, 0.1) is 23.3 Å². The van der Waals surface area contributed by atoms with E-state index in [0.717, 1.165) is 0 Å². The summed E-state index contributed by atoms with van der Waals surface area (Å²) in [5.41, 5.74) is 7.19. The number of hydrogen-bond acceptors (Lipinski definition) is 6. The zero-order valence-corrected chi connectivity index (χ0v) is 18.5. The van der Waals surface area contributed by atoms with Crippen LogP contribution in [0, 0.1) is 0 Å². The average molecular weight is 348 g/mol. The number of carbonyl (C=O) groups is 2. The van der Waals surface area contributed by atoms with Crippen molar-refractivity contribution < 1.29 is 123 Å². The maximum Gasteiger partial charge on any atom is 1.00 e. The second-order valence-electron chi connectivity index (χ2n) is 3.98. The van der Waals surface area contributed by atoms with Gasteiger partial charge in [-0.25, -0.2) is 0 Å². The summed E-state index contributed by atoms with van der Waals surface area (Å²) in [6.07, 6.45) is 0. The molecule has 0 heterocycles. The van der Waals surface area contributed by atoms with Crippen LogP contribution in [-0.4, -0.2) is 11.9 Å². The fourth-order valence-corrected chi connectivity index (χ4v) is 1.52. The Morgan fingerprint density at radius 1 is 0.636 bits per heavy atom. The molecule has 0 aliphatic heterocycles. The molecule has 2 N–H and O–H groups in total. The van der Waals surface area contributed by atoms with Crippen molar-refractivity contribution in [3.8, 4) is 0 Å². The Balaban J connectivity index is 0.00000220. The fourth-order valence-electron chi connectivity index (χ4n) is 1.52. The standard InChI is InChI=1S/C14H12N2O4.2K/c17-13(18)9-1-5-11(6-2-9)15-16-12-7-3-10(4-8-12)14(19)20;;/h1-8,15-16H,(H,17,18)(H,19,20);;/q;2*+1/p-2. The largest absolute Gasteiger partial charge is 1.00 e. The van der Waals surface area contributed by atoms with Crippen LogP contribution in [0.2, 0.25) is 0 Å². The van der Waals surface area contributed by atoms with Crippen LogP contribution in [0.3, 0.4) is 0 Å². The van der Waals surface area contributed by atoms with Crippen molar-refractivity contribution in [2.75, 3.05) is 10.9 Å². The zero-order valence-electron chi connectivity index (χ0n) is 12.3. The minimum Gasteiger partial charge on any atom is -0.545 e. The number of hydrogen-bond donors (Lipinski definition) is 2. The molecule has 0 fully saturated rings. The monoisotopic (exact) mass is 348 g/mol. The third kappa shape index (κ3) is 6.79. The molecule has 2 aromatic rings. The van der Waals surface area contributed by atoms with Crippen LogP contribution in [0.5, 0.6) is 0 Å². The van der Waals surface area contributed by atoms with E-state index in [9.17, 15) is 19.8 Å². The molecule has 2 rings (SSSR count). The van der Waals surface area contributed by atoms with Gasteiger partial charge < -0.3 is 30.7 Å². The minimum atomic E-state index is -1.23. The Hall–Kier alpha value is 0.253. The second-order valence-corrected chi connectivity index (χ2v) is 3.98. The number of carboxylic acids is 2. The summed E-state index contributed by atoms with van der Waals surface area (Å²) >= 11 is 0. The van der Waals surface area contributed by atoms with Gasteiger partial charge in [0.15, 0.2) is 0 Å². The molecular weight excluding hydrogens is 338 g/mol. The van der Waals surface area contributed by atoms with Crippen LogP contribution in [0.1, 0.15) is 20.7 Å². The normalized spacial score (nSPS) is 8.91. The van der Waals surface area contributed by atoms with E-state index in [2.05, 4.69) is 10.9 Å². The number of carboxylic acid groups (broad SMARTS) is 2. The molecule has 0 bridgehead atoms. The van der Waals surface area contributed by atoms with E-state index >= 15 is 0 Å². The molecule has 0 atom stereocenters.